The SMILES string of the molecule is CN[C@](C)(c1ccccc1C)c1ccccc1[C@H](C)CCc1ccc(Cl)cc1. The van der Waals surface area contributed by atoms with Crippen molar-refractivity contribution in [1.29, 1.82) is 0 Å². The van der Waals surface area contributed by atoms with Gasteiger partial charge in [0, 0.05) is 5.02 Å². The van der Waals surface area contributed by atoms with E-state index in [4.69, 9.17) is 11.6 Å². The molecule has 3 aromatic carbocycles. The highest BCUT2D eigenvalue weighted by Crippen LogP contribution is 2.37. The Hall–Kier alpha value is -2.09. The van der Waals surface area contributed by atoms with E-state index in [-0.39, 0.29) is 5.54 Å². The molecule has 146 valence electrons. The van der Waals surface area contributed by atoms with Gasteiger partial charge in [0.1, 0.15) is 0 Å². The number of rotatable bonds is 7. The van der Waals surface area contributed by atoms with Crippen LogP contribution in [-0.4, -0.2) is 7.05 Å². The average molecular weight is 392 g/mol. The summed E-state index contributed by atoms with van der Waals surface area (Å²) in [6, 6.07) is 25.8. The number of benzene rings is 3. The molecule has 0 aliphatic rings. The molecule has 0 aliphatic carbocycles. The minimum atomic E-state index is -0.226. The number of aryl methyl sites for hydroxylation is 2. The molecule has 0 fully saturated rings. The number of nitrogens with one attached hydrogen (secondary N) is 1. The molecule has 0 saturated heterocycles. The van der Waals surface area contributed by atoms with Gasteiger partial charge in [-0.15, -0.1) is 0 Å². The fourth-order valence-electron chi connectivity index (χ4n) is 4.12. The molecule has 2 heteroatoms. The lowest BCUT2D eigenvalue weighted by Gasteiger charge is -2.35. The van der Waals surface area contributed by atoms with Crippen molar-refractivity contribution in [2.75, 3.05) is 7.05 Å². The van der Waals surface area contributed by atoms with Crippen LogP contribution < -0.4 is 5.32 Å². The third-order valence-electron chi connectivity index (χ3n) is 5.99. The molecule has 0 heterocycles. The number of halogens is 1. The summed E-state index contributed by atoms with van der Waals surface area (Å²) in [6.07, 6.45) is 2.15. The summed E-state index contributed by atoms with van der Waals surface area (Å²) < 4.78 is 0. The first-order valence-corrected chi connectivity index (χ1v) is 10.4. The maximum Gasteiger partial charge on any atom is 0.0664 e. The molecule has 0 radical (unpaired) electrons. The van der Waals surface area contributed by atoms with Crippen molar-refractivity contribution in [3.8, 4) is 0 Å². The fraction of sp³-hybridized carbons (Fsp3) is 0.308. The Balaban J connectivity index is 1.91. The summed E-state index contributed by atoms with van der Waals surface area (Å²) >= 11 is 6.02. The number of hydrogen-bond acceptors (Lipinski definition) is 1. The molecule has 3 aromatic rings. The largest absolute Gasteiger partial charge is 0.307 e. The highest BCUT2D eigenvalue weighted by Gasteiger charge is 2.31. The Labute approximate surface area is 174 Å². The molecule has 0 spiro atoms. The first-order valence-electron chi connectivity index (χ1n) is 10.0. The lowest BCUT2D eigenvalue weighted by Crippen LogP contribution is -2.39. The van der Waals surface area contributed by atoms with Crippen LogP contribution >= 0.6 is 11.6 Å². The highest BCUT2D eigenvalue weighted by molar-refractivity contribution is 6.30. The zero-order valence-corrected chi connectivity index (χ0v) is 18.1. The van der Waals surface area contributed by atoms with Crippen LogP contribution in [0, 0.1) is 6.92 Å². The van der Waals surface area contributed by atoms with Crippen molar-refractivity contribution in [2.24, 2.45) is 0 Å². The summed E-state index contributed by atoms with van der Waals surface area (Å²) in [5.41, 5.74) is 6.52. The summed E-state index contributed by atoms with van der Waals surface area (Å²) in [6.45, 7) is 6.82. The van der Waals surface area contributed by atoms with Gasteiger partial charge in [-0.3, -0.25) is 0 Å². The number of hydrogen-bond donors (Lipinski definition) is 1. The molecule has 1 nitrogen and oxygen atoms in total. The lowest BCUT2D eigenvalue weighted by atomic mass is 9.77. The predicted octanol–water partition coefficient (Wildman–Crippen LogP) is 6.87. The van der Waals surface area contributed by atoms with Gasteiger partial charge in [0.05, 0.1) is 5.54 Å². The molecule has 0 saturated carbocycles. The molecule has 0 aromatic heterocycles. The van der Waals surface area contributed by atoms with Gasteiger partial charge in [-0.2, -0.15) is 0 Å². The minimum absolute atomic E-state index is 0.226. The van der Waals surface area contributed by atoms with Gasteiger partial charge in [-0.25, -0.2) is 0 Å². The summed E-state index contributed by atoms with van der Waals surface area (Å²) in [5, 5.41) is 4.41. The summed E-state index contributed by atoms with van der Waals surface area (Å²) in [5.74, 6) is 0.462. The summed E-state index contributed by atoms with van der Waals surface area (Å²) in [4.78, 5) is 0. The molecule has 0 amide bonds. The van der Waals surface area contributed by atoms with Crippen molar-refractivity contribution in [1.82, 2.24) is 5.32 Å². The lowest BCUT2D eigenvalue weighted by molar-refractivity contribution is 0.472. The molecule has 0 unspecified atom stereocenters. The molecular weight excluding hydrogens is 362 g/mol. The predicted molar refractivity (Wildman–Crippen MR) is 121 cm³/mol. The third kappa shape index (κ3) is 4.32. The van der Waals surface area contributed by atoms with E-state index < -0.39 is 0 Å². The quantitative estimate of drug-likeness (QED) is 0.463. The fourth-order valence-corrected chi connectivity index (χ4v) is 4.25. The first kappa shape index (κ1) is 20.6. The monoisotopic (exact) mass is 391 g/mol. The van der Waals surface area contributed by atoms with Crippen LogP contribution in [0.5, 0.6) is 0 Å². The normalized spacial score (nSPS) is 14.5. The Morgan fingerprint density at radius 2 is 1.50 bits per heavy atom. The van der Waals surface area contributed by atoms with Crippen LogP contribution in [0.25, 0.3) is 0 Å². The van der Waals surface area contributed by atoms with Gasteiger partial charge in [-0.1, -0.05) is 79.2 Å². The standard InChI is InChI=1S/C26H30ClN/c1-19(13-14-21-15-17-22(27)18-16-21)23-10-6-8-12-25(23)26(3,28-4)24-11-7-5-9-20(24)2/h5-12,15-19,28H,13-14H2,1-4H3/t19-,26-/m1/s1. The van der Waals surface area contributed by atoms with Crippen LogP contribution in [0.15, 0.2) is 72.8 Å². The average Bonchev–Trinajstić information content (AvgIpc) is 2.73. The minimum Gasteiger partial charge on any atom is -0.307 e. The van der Waals surface area contributed by atoms with Crippen molar-refractivity contribution >= 4 is 11.6 Å². The zero-order chi connectivity index (χ0) is 20.1. The molecule has 1 N–H and O–H groups in total. The molecule has 0 aliphatic heterocycles. The van der Waals surface area contributed by atoms with E-state index in [1.165, 1.54) is 27.8 Å². The van der Waals surface area contributed by atoms with Gasteiger partial charge in [-0.05, 0) is 79.6 Å². The second kappa shape index (κ2) is 8.94. The van der Waals surface area contributed by atoms with E-state index in [9.17, 15) is 0 Å². The third-order valence-corrected chi connectivity index (χ3v) is 6.25. The van der Waals surface area contributed by atoms with Crippen LogP contribution in [0.1, 0.15) is 54.0 Å². The molecule has 2 atom stereocenters. The molecular formula is C26H30ClN. The van der Waals surface area contributed by atoms with Gasteiger partial charge >= 0.3 is 0 Å². The van der Waals surface area contributed by atoms with E-state index in [0.29, 0.717) is 5.92 Å². The second-order valence-corrected chi connectivity index (χ2v) is 8.28. The molecule has 28 heavy (non-hydrogen) atoms. The summed E-state index contributed by atoms with van der Waals surface area (Å²) in [7, 11) is 2.06. The Morgan fingerprint density at radius 1 is 0.893 bits per heavy atom. The van der Waals surface area contributed by atoms with Crippen molar-refractivity contribution < 1.29 is 0 Å². The van der Waals surface area contributed by atoms with Crippen LogP contribution in [-0.2, 0) is 12.0 Å². The first-order chi connectivity index (χ1) is 13.5. The van der Waals surface area contributed by atoms with Crippen LogP contribution in [0.2, 0.25) is 5.02 Å². The van der Waals surface area contributed by atoms with Gasteiger partial charge in [0.25, 0.3) is 0 Å². The van der Waals surface area contributed by atoms with E-state index in [2.05, 4.69) is 93.8 Å². The van der Waals surface area contributed by atoms with Gasteiger partial charge < -0.3 is 5.32 Å². The Kier molecular flexibility index (Phi) is 6.59. The van der Waals surface area contributed by atoms with Gasteiger partial charge in [0.2, 0.25) is 0 Å². The smallest absolute Gasteiger partial charge is 0.0664 e. The van der Waals surface area contributed by atoms with Crippen LogP contribution in [0.3, 0.4) is 0 Å². The molecule has 3 rings (SSSR count). The Bertz CT molecular complexity index is 916. The highest BCUT2D eigenvalue weighted by atomic mass is 35.5. The topological polar surface area (TPSA) is 12.0 Å². The Morgan fingerprint density at radius 3 is 2.14 bits per heavy atom. The molecule has 0 bridgehead atoms. The van der Waals surface area contributed by atoms with E-state index in [1.54, 1.807) is 0 Å². The van der Waals surface area contributed by atoms with E-state index in [0.717, 1.165) is 17.9 Å². The van der Waals surface area contributed by atoms with Crippen molar-refractivity contribution in [3.63, 3.8) is 0 Å². The van der Waals surface area contributed by atoms with Gasteiger partial charge in [0.15, 0.2) is 0 Å². The van der Waals surface area contributed by atoms with Crippen LogP contribution in [0.4, 0.5) is 0 Å². The zero-order valence-electron chi connectivity index (χ0n) is 17.3. The second-order valence-electron chi connectivity index (χ2n) is 7.84. The maximum absolute atomic E-state index is 6.02. The van der Waals surface area contributed by atoms with E-state index >= 15 is 0 Å². The van der Waals surface area contributed by atoms with Crippen molar-refractivity contribution in [2.45, 2.75) is 45.1 Å². The van der Waals surface area contributed by atoms with Crippen molar-refractivity contribution in [3.05, 3.63) is 106 Å². The maximum atomic E-state index is 6.02. The van der Waals surface area contributed by atoms with E-state index in [1.807, 2.05) is 12.1 Å².